The van der Waals surface area contributed by atoms with Crippen LogP contribution in [0.25, 0.3) is 0 Å². The molecule has 0 aliphatic heterocycles. The fourth-order valence-electron chi connectivity index (χ4n) is 0.560. The van der Waals surface area contributed by atoms with E-state index in [0.717, 1.165) is 7.11 Å². The van der Waals surface area contributed by atoms with E-state index in [1.165, 1.54) is 13.8 Å². The number of rotatable bonds is 2. The van der Waals surface area contributed by atoms with Gasteiger partial charge in [0.15, 0.2) is 5.03 Å². The van der Waals surface area contributed by atoms with Gasteiger partial charge in [-0.05, 0) is 18.9 Å². The normalized spacial score (nSPS) is 9.45. The molecule has 0 N–H and O–H groups in total. The molecule has 6 nitrogen and oxygen atoms in total. The minimum Gasteiger partial charge on any atom is -0.449 e. The van der Waals surface area contributed by atoms with Crippen LogP contribution in [0.5, 0.6) is 0 Å². The Morgan fingerprint density at radius 3 is 2.18 bits per heavy atom. The van der Waals surface area contributed by atoms with Crippen molar-refractivity contribution >= 4 is 6.09 Å². The molecular weight excluding hydrogens is 152 g/mol. The third kappa shape index (κ3) is 2.40. The van der Waals surface area contributed by atoms with Gasteiger partial charge in [-0.25, -0.2) is 14.9 Å². The molecule has 0 rings (SSSR count). The third-order valence-electron chi connectivity index (χ3n) is 1.03. The van der Waals surface area contributed by atoms with Crippen LogP contribution in [0.2, 0.25) is 0 Å². The second kappa shape index (κ2) is 3.75. The molecule has 64 valence electrons. The first-order chi connectivity index (χ1) is 5.00. The second-order valence-corrected chi connectivity index (χ2v) is 2.15. The van der Waals surface area contributed by atoms with Crippen molar-refractivity contribution in [2.45, 2.75) is 19.9 Å². The molecule has 0 aromatic rings. The molecule has 6 heteroatoms. The van der Waals surface area contributed by atoms with Crippen molar-refractivity contribution in [1.82, 2.24) is 5.01 Å². The zero-order chi connectivity index (χ0) is 9.02. The molecule has 0 radical (unpaired) electrons. The minimum absolute atomic E-state index is 0.417. The van der Waals surface area contributed by atoms with Crippen LogP contribution >= 0.6 is 0 Å². The van der Waals surface area contributed by atoms with Crippen molar-refractivity contribution in [3.05, 3.63) is 10.1 Å². The molecule has 0 aliphatic carbocycles. The highest BCUT2D eigenvalue weighted by Crippen LogP contribution is 1.99. The predicted octanol–water partition coefficient (Wildman–Crippen LogP) is 0.655. The monoisotopic (exact) mass is 162 g/mol. The smallest absolute Gasteiger partial charge is 0.449 e. The van der Waals surface area contributed by atoms with Gasteiger partial charge in [0, 0.05) is 0 Å². The van der Waals surface area contributed by atoms with Gasteiger partial charge >= 0.3 is 6.09 Å². The number of nitro groups is 1. The number of hydrogen-bond acceptors (Lipinski definition) is 4. The molecule has 0 bridgehead atoms. The fourth-order valence-corrected chi connectivity index (χ4v) is 0.560. The maximum absolute atomic E-state index is 10.7. The summed E-state index contributed by atoms with van der Waals surface area (Å²) in [6.45, 7) is 3.06. The Morgan fingerprint density at radius 2 is 2.09 bits per heavy atom. The molecule has 0 fully saturated rings. The molecule has 0 saturated carbocycles. The third-order valence-corrected chi connectivity index (χ3v) is 1.03. The largest absolute Gasteiger partial charge is 0.468 e. The lowest BCUT2D eigenvalue weighted by atomic mass is 10.4. The Labute approximate surface area is 63.9 Å². The van der Waals surface area contributed by atoms with E-state index in [1.54, 1.807) is 0 Å². The second-order valence-electron chi connectivity index (χ2n) is 2.15. The van der Waals surface area contributed by atoms with Gasteiger partial charge < -0.3 is 4.74 Å². The molecule has 0 unspecified atom stereocenters. The molecule has 0 saturated heterocycles. The minimum atomic E-state index is -0.954. The summed E-state index contributed by atoms with van der Waals surface area (Å²) >= 11 is 0. The summed E-state index contributed by atoms with van der Waals surface area (Å²) in [5.41, 5.74) is 0. The maximum atomic E-state index is 10.7. The van der Waals surface area contributed by atoms with Gasteiger partial charge in [0.05, 0.1) is 13.2 Å². The quantitative estimate of drug-likeness (QED) is 0.441. The van der Waals surface area contributed by atoms with Gasteiger partial charge in [-0.3, -0.25) is 0 Å². The summed E-state index contributed by atoms with van der Waals surface area (Å²) < 4.78 is 4.18. The average Bonchev–Trinajstić information content (AvgIpc) is 1.85. The Hall–Kier alpha value is -1.33. The number of amides is 1. The summed E-state index contributed by atoms with van der Waals surface area (Å²) in [5, 5.41) is 9.79. The molecular formula is C5H10N2O4. The fraction of sp³-hybridized carbons (Fsp3) is 0.800. The molecule has 0 heterocycles. The van der Waals surface area contributed by atoms with Crippen LogP contribution in [0.15, 0.2) is 0 Å². The van der Waals surface area contributed by atoms with Crippen molar-refractivity contribution in [1.29, 1.82) is 0 Å². The molecule has 1 amide bonds. The highest BCUT2D eigenvalue weighted by atomic mass is 16.7. The van der Waals surface area contributed by atoms with Crippen molar-refractivity contribution < 1.29 is 14.6 Å². The number of nitrogens with zero attached hydrogens (tertiary/aromatic N) is 2. The Balaban J connectivity index is 4.34. The topological polar surface area (TPSA) is 72.7 Å². The maximum Gasteiger partial charge on any atom is 0.468 e. The molecule has 0 spiro atoms. The summed E-state index contributed by atoms with van der Waals surface area (Å²) in [6.07, 6.45) is -0.954. The van der Waals surface area contributed by atoms with Crippen LogP contribution in [-0.4, -0.2) is 29.3 Å². The standard InChI is InChI=1S/C5H10N2O4/c1-4(2)6(7(9)10)5(8)11-3/h4H,1-3H3. The Kier molecular flexibility index (Phi) is 3.29. The first-order valence-corrected chi connectivity index (χ1v) is 3.02. The van der Waals surface area contributed by atoms with E-state index in [2.05, 4.69) is 4.74 Å². The van der Waals surface area contributed by atoms with Crippen LogP contribution in [0.4, 0.5) is 4.79 Å². The zero-order valence-corrected chi connectivity index (χ0v) is 6.60. The van der Waals surface area contributed by atoms with E-state index in [-0.39, 0.29) is 0 Å². The number of carbonyl (C=O) groups is 1. The van der Waals surface area contributed by atoms with Gasteiger partial charge in [0.2, 0.25) is 0 Å². The lowest BCUT2D eigenvalue weighted by molar-refractivity contribution is -0.642. The lowest BCUT2D eigenvalue weighted by Gasteiger charge is -2.13. The number of carbonyl (C=O) groups excluding carboxylic acids is 1. The average molecular weight is 162 g/mol. The molecule has 0 aromatic carbocycles. The molecule has 0 aliphatic rings. The van der Waals surface area contributed by atoms with Crippen LogP contribution in [0, 0.1) is 10.1 Å². The van der Waals surface area contributed by atoms with E-state index in [4.69, 9.17) is 0 Å². The summed E-state index contributed by atoms with van der Waals surface area (Å²) in [6, 6.07) is -0.502. The highest BCUT2D eigenvalue weighted by Gasteiger charge is 2.28. The first kappa shape index (κ1) is 9.67. The van der Waals surface area contributed by atoms with Crippen LogP contribution in [0.3, 0.4) is 0 Å². The number of methoxy groups -OCH3 is 1. The Bertz CT molecular complexity index is 168. The summed E-state index contributed by atoms with van der Waals surface area (Å²) in [7, 11) is 1.10. The van der Waals surface area contributed by atoms with Crippen LogP contribution in [0.1, 0.15) is 13.8 Å². The van der Waals surface area contributed by atoms with Crippen LogP contribution in [-0.2, 0) is 4.74 Å². The molecule has 11 heavy (non-hydrogen) atoms. The molecule has 0 atom stereocenters. The van der Waals surface area contributed by atoms with Crippen molar-refractivity contribution in [2.75, 3.05) is 7.11 Å². The summed E-state index contributed by atoms with van der Waals surface area (Å²) in [4.78, 5) is 20.8. The SMILES string of the molecule is COC(=O)N(C(C)C)[N+](=O)[O-]. The number of hydrogen-bond donors (Lipinski definition) is 0. The lowest BCUT2D eigenvalue weighted by Crippen LogP contribution is -2.41. The van der Waals surface area contributed by atoms with Crippen LogP contribution < -0.4 is 0 Å². The van der Waals surface area contributed by atoms with E-state index in [1.807, 2.05) is 0 Å². The number of ether oxygens (including phenoxy) is 1. The predicted molar refractivity (Wildman–Crippen MR) is 36.4 cm³/mol. The van der Waals surface area contributed by atoms with Gasteiger partial charge in [-0.1, -0.05) is 0 Å². The van der Waals surface area contributed by atoms with E-state index >= 15 is 0 Å². The van der Waals surface area contributed by atoms with Gasteiger partial charge in [0.25, 0.3) is 0 Å². The highest BCUT2D eigenvalue weighted by molar-refractivity contribution is 5.66. The number of hydrazine groups is 1. The van der Waals surface area contributed by atoms with Gasteiger partial charge in [0.1, 0.15) is 0 Å². The first-order valence-electron chi connectivity index (χ1n) is 3.02. The van der Waals surface area contributed by atoms with Crippen molar-refractivity contribution in [2.24, 2.45) is 0 Å². The summed E-state index contributed by atoms with van der Waals surface area (Å²) in [5.74, 6) is 0. The Morgan fingerprint density at radius 1 is 1.64 bits per heavy atom. The van der Waals surface area contributed by atoms with Crippen molar-refractivity contribution in [3.63, 3.8) is 0 Å². The van der Waals surface area contributed by atoms with Gasteiger partial charge in [-0.15, -0.1) is 0 Å². The zero-order valence-electron chi connectivity index (χ0n) is 6.60. The van der Waals surface area contributed by atoms with E-state index in [9.17, 15) is 14.9 Å². The van der Waals surface area contributed by atoms with E-state index in [0.29, 0.717) is 5.01 Å². The van der Waals surface area contributed by atoms with E-state index < -0.39 is 17.2 Å². The molecule has 0 aromatic heterocycles. The van der Waals surface area contributed by atoms with Crippen molar-refractivity contribution in [3.8, 4) is 0 Å². The van der Waals surface area contributed by atoms with Gasteiger partial charge in [-0.2, -0.15) is 0 Å².